The van der Waals surface area contributed by atoms with Crippen LogP contribution >= 0.6 is 0 Å². The molecule has 4 nitrogen and oxygen atoms in total. The molecule has 0 aliphatic rings. The number of nitrogens with zero attached hydrogens (tertiary/aromatic N) is 4. The quantitative estimate of drug-likeness (QED) is 0.201. The third-order valence-corrected chi connectivity index (χ3v) is 8.36. The normalized spacial score (nSPS) is 11.0. The monoisotopic (exact) mass is 586 g/mol. The highest BCUT2D eigenvalue weighted by atomic mass is 15.0. The molecule has 0 radical (unpaired) electrons. The first-order valence-corrected chi connectivity index (χ1v) is 15.2. The summed E-state index contributed by atoms with van der Waals surface area (Å²) in [6, 6.07) is 55.9. The lowest BCUT2D eigenvalue weighted by Gasteiger charge is -2.13. The Morgan fingerprint density at radius 1 is 0.370 bits per heavy atom. The van der Waals surface area contributed by atoms with Crippen molar-refractivity contribution in [2.24, 2.45) is 0 Å². The van der Waals surface area contributed by atoms with Gasteiger partial charge in [-0.1, -0.05) is 133 Å². The Kier molecular flexibility index (Phi) is 6.83. The second-order valence-corrected chi connectivity index (χ2v) is 11.2. The summed E-state index contributed by atoms with van der Waals surface area (Å²) in [5.41, 5.74) is 7.99. The molecule has 1 aromatic heterocycles. The lowest BCUT2D eigenvalue weighted by atomic mass is 9.95. The Balaban J connectivity index is 1.26. The summed E-state index contributed by atoms with van der Waals surface area (Å²) in [7, 11) is 0. The van der Waals surface area contributed by atoms with Gasteiger partial charge in [0.1, 0.15) is 0 Å². The minimum absolute atomic E-state index is 0.623. The number of rotatable bonds is 5. The molecule has 0 unspecified atom stereocenters. The lowest BCUT2D eigenvalue weighted by Crippen LogP contribution is -2.00. The van der Waals surface area contributed by atoms with E-state index in [9.17, 15) is 0 Å². The van der Waals surface area contributed by atoms with Crippen molar-refractivity contribution in [3.8, 4) is 62.5 Å². The molecule has 214 valence electrons. The first-order chi connectivity index (χ1) is 22.7. The molecule has 0 aliphatic carbocycles. The van der Waals surface area contributed by atoms with Crippen molar-refractivity contribution in [1.29, 1.82) is 5.26 Å². The van der Waals surface area contributed by atoms with Gasteiger partial charge in [0, 0.05) is 16.7 Å². The fourth-order valence-corrected chi connectivity index (χ4v) is 6.02. The van der Waals surface area contributed by atoms with E-state index in [1.165, 1.54) is 11.1 Å². The Hall–Kier alpha value is -6.44. The zero-order chi connectivity index (χ0) is 30.9. The summed E-state index contributed by atoms with van der Waals surface area (Å²) in [6.07, 6.45) is 0. The summed E-state index contributed by atoms with van der Waals surface area (Å²) in [4.78, 5) is 15.1. The van der Waals surface area contributed by atoms with Crippen molar-refractivity contribution in [1.82, 2.24) is 15.0 Å². The van der Waals surface area contributed by atoms with Gasteiger partial charge in [0.05, 0.1) is 11.6 Å². The molecule has 7 aromatic carbocycles. The Morgan fingerprint density at radius 2 is 0.891 bits per heavy atom. The van der Waals surface area contributed by atoms with Crippen molar-refractivity contribution < 1.29 is 0 Å². The van der Waals surface area contributed by atoms with E-state index in [1.807, 2.05) is 60.7 Å². The first-order valence-electron chi connectivity index (χ1n) is 15.2. The predicted octanol–water partition coefficient (Wildman–Crippen LogP) is 10.4. The largest absolute Gasteiger partial charge is 0.208 e. The average molecular weight is 587 g/mol. The topological polar surface area (TPSA) is 62.5 Å². The molecule has 46 heavy (non-hydrogen) atoms. The average Bonchev–Trinajstić information content (AvgIpc) is 3.14. The predicted molar refractivity (Wildman–Crippen MR) is 187 cm³/mol. The fraction of sp³-hybridized carbons (Fsp3) is 0. The highest BCUT2D eigenvalue weighted by Gasteiger charge is 2.16. The van der Waals surface area contributed by atoms with Gasteiger partial charge in [-0.25, -0.2) is 15.0 Å². The van der Waals surface area contributed by atoms with Crippen molar-refractivity contribution in [3.63, 3.8) is 0 Å². The number of hydrogen-bond donors (Lipinski definition) is 0. The van der Waals surface area contributed by atoms with Crippen LogP contribution in [0, 0.1) is 11.3 Å². The molecule has 0 saturated heterocycles. The summed E-state index contributed by atoms with van der Waals surface area (Å²) in [5, 5.41) is 13.6. The summed E-state index contributed by atoms with van der Waals surface area (Å²) in [5.74, 6) is 1.89. The highest BCUT2D eigenvalue weighted by Crippen LogP contribution is 2.35. The maximum Gasteiger partial charge on any atom is 0.164 e. The smallest absolute Gasteiger partial charge is 0.164 e. The summed E-state index contributed by atoms with van der Waals surface area (Å²) < 4.78 is 0. The molecular formula is C42H26N4. The second-order valence-electron chi connectivity index (χ2n) is 11.2. The van der Waals surface area contributed by atoms with E-state index in [-0.39, 0.29) is 0 Å². The first kappa shape index (κ1) is 27.1. The molecule has 4 heteroatoms. The van der Waals surface area contributed by atoms with Crippen LogP contribution in [0.2, 0.25) is 0 Å². The van der Waals surface area contributed by atoms with E-state index < -0.39 is 0 Å². The molecule has 0 aliphatic heterocycles. The van der Waals surface area contributed by atoms with Crippen LogP contribution in [0.4, 0.5) is 0 Å². The standard InChI is InChI=1S/C42H26N4/c43-27-28-17-19-29(20-18-28)32-21-22-34-26-35(24-23-33(34)25-32)41-44-40(31-11-5-2-6-12-31)45-42(46-41)39-16-8-14-37-36(13-7-15-38(37)39)30-9-3-1-4-10-30/h1-26H. The molecule has 8 rings (SSSR count). The third kappa shape index (κ3) is 5.06. The van der Waals surface area contributed by atoms with Crippen LogP contribution in [0.3, 0.4) is 0 Å². The molecule has 0 bridgehead atoms. The Bertz CT molecular complexity index is 2410. The molecular weight excluding hydrogens is 560 g/mol. The van der Waals surface area contributed by atoms with Gasteiger partial charge < -0.3 is 0 Å². The van der Waals surface area contributed by atoms with E-state index in [0.29, 0.717) is 23.0 Å². The van der Waals surface area contributed by atoms with Crippen LogP contribution < -0.4 is 0 Å². The van der Waals surface area contributed by atoms with Gasteiger partial charge in [-0.05, 0) is 68.1 Å². The van der Waals surface area contributed by atoms with Crippen LogP contribution in [0.5, 0.6) is 0 Å². The minimum Gasteiger partial charge on any atom is -0.208 e. The molecule has 0 atom stereocenters. The van der Waals surface area contributed by atoms with Crippen molar-refractivity contribution in [2.75, 3.05) is 0 Å². The minimum atomic E-state index is 0.623. The molecule has 0 spiro atoms. The fourth-order valence-electron chi connectivity index (χ4n) is 6.02. The molecule has 8 aromatic rings. The lowest BCUT2D eigenvalue weighted by molar-refractivity contribution is 1.08. The summed E-state index contributed by atoms with van der Waals surface area (Å²) in [6.45, 7) is 0. The SMILES string of the molecule is N#Cc1ccc(-c2ccc3cc(-c4nc(-c5ccccc5)nc(-c5cccc6c(-c7ccccc7)cccc56)n4)ccc3c2)cc1. The van der Waals surface area contributed by atoms with Gasteiger partial charge >= 0.3 is 0 Å². The Labute approximate surface area is 266 Å². The van der Waals surface area contributed by atoms with Crippen molar-refractivity contribution in [3.05, 3.63) is 163 Å². The van der Waals surface area contributed by atoms with Crippen molar-refractivity contribution in [2.45, 2.75) is 0 Å². The van der Waals surface area contributed by atoms with Gasteiger partial charge in [-0.2, -0.15) is 5.26 Å². The molecule has 0 saturated carbocycles. The van der Waals surface area contributed by atoms with E-state index in [0.717, 1.165) is 49.4 Å². The maximum absolute atomic E-state index is 9.16. The molecule has 0 N–H and O–H groups in total. The van der Waals surface area contributed by atoms with E-state index >= 15 is 0 Å². The van der Waals surface area contributed by atoms with Crippen LogP contribution in [-0.4, -0.2) is 15.0 Å². The second kappa shape index (κ2) is 11.6. The number of nitriles is 1. The van der Waals surface area contributed by atoms with Crippen LogP contribution in [0.25, 0.3) is 78.0 Å². The van der Waals surface area contributed by atoms with E-state index in [2.05, 4.69) is 103 Å². The van der Waals surface area contributed by atoms with Gasteiger partial charge in [0.2, 0.25) is 0 Å². The zero-order valence-corrected chi connectivity index (χ0v) is 24.8. The maximum atomic E-state index is 9.16. The summed E-state index contributed by atoms with van der Waals surface area (Å²) >= 11 is 0. The highest BCUT2D eigenvalue weighted by molar-refractivity contribution is 6.03. The van der Waals surface area contributed by atoms with Crippen LogP contribution in [-0.2, 0) is 0 Å². The van der Waals surface area contributed by atoms with E-state index in [1.54, 1.807) is 0 Å². The van der Waals surface area contributed by atoms with Crippen LogP contribution in [0.15, 0.2) is 158 Å². The number of benzene rings is 7. The van der Waals surface area contributed by atoms with Crippen molar-refractivity contribution >= 4 is 21.5 Å². The Morgan fingerprint density at radius 3 is 1.57 bits per heavy atom. The molecule has 0 amide bonds. The van der Waals surface area contributed by atoms with Gasteiger partial charge in [-0.15, -0.1) is 0 Å². The van der Waals surface area contributed by atoms with Crippen LogP contribution in [0.1, 0.15) is 5.56 Å². The molecule has 0 fully saturated rings. The number of hydrogen-bond acceptors (Lipinski definition) is 4. The van der Waals surface area contributed by atoms with Gasteiger partial charge in [0.15, 0.2) is 17.5 Å². The van der Waals surface area contributed by atoms with Gasteiger partial charge in [0.25, 0.3) is 0 Å². The number of fused-ring (bicyclic) bond motifs is 2. The van der Waals surface area contributed by atoms with Gasteiger partial charge in [-0.3, -0.25) is 0 Å². The van der Waals surface area contributed by atoms with E-state index in [4.69, 9.17) is 20.2 Å². The third-order valence-electron chi connectivity index (χ3n) is 8.36. The molecule has 1 heterocycles. The number of aromatic nitrogens is 3. The zero-order valence-electron chi connectivity index (χ0n) is 24.8.